The predicted octanol–water partition coefficient (Wildman–Crippen LogP) is 4.12. The van der Waals surface area contributed by atoms with Crippen molar-refractivity contribution < 1.29 is 18.9 Å². The fourth-order valence-corrected chi connectivity index (χ4v) is 2.92. The summed E-state index contributed by atoms with van der Waals surface area (Å²) in [7, 11) is 1.67. The minimum absolute atomic E-state index is 0.0140. The van der Waals surface area contributed by atoms with Gasteiger partial charge in [0.15, 0.2) is 6.61 Å². The standard InChI is InChI=1S/C22H22N2O5/c1-16-8-10-20(29-16)14-23(2)22(25)15-28-21-11-9-19(24(26)27)13-18(21)12-17-6-4-3-5-7-17/h3-11,13H,12,14-15H2,1-2H3. The third-order valence-corrected chi connectivity index (χ3v) is 4.46. The van der Waals surface area contributed by atoms with Gasteiger partial charge in [0.2, 0.25) is 0 Å². The molecule has 0 N–H and O–H groups in total. The number of aryl methyl sites for hydroxylation is 1. The van der Waals surface area contributed by atoms with Gasteiger partial charge in [-0.25, -0.2) is 0 Å². The molecule has 0 atom stereocenters. The number of rotatable bonds is 8. The van der Waals surface area contributed by atoms with Gasteiger partial charge in [0.1, 0.15) is 17.3 Å². The third-order valence-electron chi connectivity index (χ3n) is 4.46. The summed E-state index contributed by atoms with van der Waals surface area (Å²) >= 11 is 0. The molecule has 1 aromatic heterocycles. The summed E-state index contributed by atoms with van der Waals surface area (Å²) in [6.45, 7) is 2.01. The number of furan rings is 1. The van der Waals surface area contributed by atoms with Crippen molar-refractivity contribution in [2.45, 2.75) is 19.9 Å². The van der Waals surface area contributed by atoms with Gasteiger partial charge in [-0.15, -0.1) is 0 Å². The average molecular weight is 394 g/mol. The Kier molecular flexibility index (Phi) is 6.29. The Bertz CT molecular complexity index is 997. The first-order valence-corrected chi connectivity index (χ1v) is 9.15. The van der Waals surface area contributed by atoms with E-state index in [0.29, 0.717) is 30.0 Å². The zero-order valence-electron chi connectivity index (χ0n) is 16.3. The topological polar surface area (TPSA) is 85.8 Å². The van der Waals surface area contributed by atoms with E-state index in [1.54, 1.807) is 13.1 Å². The number of benzene rings is 2. The molecule has 0 unspecified atom stereocenters. The summed E-state index contributed by atoms with van der Waals surface area (Å²) in [6.07, 6.45) is 0.466. The van der Waals surface area contributed by atoms with Gasteiger partial charge in [-0.3, -0.25) is 14.9 Å². The normalized spacial score (nSPS) is 10.6. The van der Waals surface area contributed by atoms with Crippen molar-refractivity contribution in [3.8, 4) is 5.75 Å². The highest BCUT2D eigenvalue weighted by Crippen LogP contribution is 2.27. The minimum Gasteiger partial charge on any atom is -0.483 e. The molecule has 29 heavy (non-hydrogen) atoms. The number of hydrogen-bond donors (Lipinski definition) is 0. The number of nitro groups is 1. The highest BCUT2D eigenvalue weighted by atomic mass is 16.6. The molecule has 3 aromatic rings. The van der Waals surface area contributed by atoms with E-state index in [0.717, 1.165) is 11.3 Å². The Morgan fingerprint density at radius 2 is 1.90 bits per heavy atom. The first kappa shape index (κ1) is 20.1. The van der Waals surface area contributed by atoms with E-state index in [9.17, 15) is 14.9 Å². The Labute approximate surface area is 168 Å². The molecule has 0 fully saturated rings. The van der Waals surface area contributed by atoms with Crippen LogP contribution in [-0.2, 0) is 17.8 Å². The number of non-ortho nitro benzene ring substituents is 1. The number of nitro benzene ring substituents is 1. The van der Waals surface area contributed by atoms with E-state index < -0.39 is 4.92 Å². The maximum absolute atomic E-state index is 12.4. The first-order valence-electron chi connectivity index (χ1n) is 9.15. The van der Waals surface area contributed by atoms with Crippen LogP contribution in [0.15, 0.2) is 65.1 Å². The van der Waals surface area contributed by atoms with Gasteiger partial charge in [-0.2, -0.15) is 0 Å². The van der Waals surface area contributed by atoms with E-state index in [-0.39, 0.29) is 18.2 Å². The summed E-state index contributed by atoms with van der Waals surface area (Å²) in [6, 6.07) is 17.7. The van der Waals surface area contributed by atoms with Gasteiger partial charge in [0, 0.05) is 31.2 Å². The van der Waals surface area contributed by atoms with E-state index >= 15 is 0 Å². The van der Waals surface area contributed by atoms with E-state index in [1.165, 1.54) is 17.0 Å². The predicted molar refractivity (Wildman–Crippen MR) is 108 cm³/mol. The molecule has 1 heterocycles. The third kappa shape index (κ3) is 5.44. The van der Waals surface area contributed by atoms with Crippen molar-refractivity contribution in [2.24, 2.45) is 0 Å². The van der Waals surface area contributed by atoms with Crippen molar-refractivity contribution >= 4 is 11.6 Å². The maximum Gasteiger partial charge on any atom is 0.269 e. The van der Waals surface area contributed by atoms with Crippen LogP contribution in [0.3, 0.4) is 0 Å². The van der Waals surface area contributed by atoms with Crippen LogP contribution < -0.4 is 4.74 Å². The molecule has 150 valence electrons. The number of likely N-dealkylation sites (N-methyl/N-ethyl adjacent to an activating group) is 1. The molecule has 0 aliphatic rings. The lowest BCUT2D eigenvalue weighted by Gasteiger charge is -2.17. The molecule has 0 radical (unpaired) electrons. The van der Waals surface area contributed by atoms with E-state index in [2.05, 4.69) is 0 Å². The number of hydrogen-bond acceptors (Lipinski definition) is 5. The van der Waals surface area contributed by atoms with E-state index in [1.807, 2.05) is 49.4 Å². The maximum atomic E-state index is 12.4. The average Bonchev–Trinajstić information content (AvgIpc) is 3.12. The molecule has 7 heteroatoms. The van der Waals surface area contributed by atoms with Gasteiger partial charge in [0.05, 0.1) is 11.5 Å². The van der Waals surface area contributed by atoms with Crippen LogP contribution >= 0.6 is 0 Å². The van der Waals surface area contributed by atoms with E-state index in [4.69, 9.17) is 9.15 Å². The minimum atomic E-state index is -0.442. The van der Waals surface area contributed by atoms with Crippen molar-refractivity contribution in [3.05, 3.63) is 93.4 Å². The smallest absolute Gasteiger partial charge is 0.269 e. The highest BCUT2D eigenvalue weighted by Gasteiger charge is 2.16. The number of carbonyl (C=O) groups is 1. The number of carbonyl (C=O) groups excluding carboxylic acids is 1. The zero-order chi connectivity index (χ0) is 20.8. The Hall–Kier alpha value is -3.61. The van der Waals surface area contributed by atoms with Crippen LogP contribution in [0, 0.1) is 17.0 Å². The van der Waals surface area contributed by atoms with Crippen molar-refractivity contribution in [2.75, 3.05) is 13.7 Å². The molecular weight excluding hydrogens is 372 g/mol. The Balaban J connectivity index is 1.70. The van der Waals surface area contributed by atoms with Crippen LogP contribution in [0.2, 0.25) is 0 Å². The second kappa shape index (κ2) is 9.05. The van der Waals surface area contributed by atoms with Crippen molar-refractivity contribution in [3.63, 3.8) is 0 Å². The van der Waals surface area contributed by atoms with Crippen molar-refractivity contribution in [1.29, 1.82) is 0 Å². The van der Waals surface area contributed by atoms with Crippen LogP contribution in [0.4, 0.5) is 5.69 Å². The lowest BCUT2D eigenvalue weighted by atomic mass is 10.0. The van der Waals surface area contributed by atoms with Gasteiger partial charge in [0.25, 0.3) is 11.6 Å². The second-order valence-electron chi connectivity index (χ2n) is 6.76. The number of amides is 1. The van der Waals surface area contributed by atoms with Crippen LogP contribution in [0.25, 0.3) is 0 Å². The lowest BCUT2D eigenvalue weighted by Crippen LogP contribution is -2.31. The Morgan fingerprint density at radius 3 is 2.55 bits per heavy atom. The second-order valence-corrected chi connectivity index (χ2v) is 6.76. The van der Waals surface area contributed by atoms with Crippen LogP contribution in [0.5, 0.6) is 5.75 Å². The van der Waals surface area contributed by atoms with Crippen LogP contribution in [0.1, 0.15) is 22.6 Å². The quantitative estimate of drug-likeness (QED) is 0.424. The zero-order valence-corrected chi connectivity index (χ0v) is 16.3. The molecule has 7 nitrogen and oxygen atoms in total. The molecule has 0 aliphatic heterocycles. The largest absolute Gasteiger partial charge is 0.483 e. The summed E-state index contributed by atoms with van der Waals surface area (Å²) in [5, 5.41) is 11.1. The molecular formula is C22H22N2O5. The summed E-state index contributed by atoms with van der Waals surface area (Å²) in [5.41, 5.74) is 1.64. The molecule has 0 saturated heterocycles. The molecule has 0 aliphatic carbocycles. The number of ether oxygens (including phenoxy) is 1. The molecule has 0 bridgehead atoms. The summed E-state index contributed by atoms with van der Waals surface area (Å²) in [4.78, 5) is 24.6. The monoisotopic (exact) mass is 394 g/mol. The molecule has 0 saturated carbocycles. The lowest BCUT2D eigenvalue weighted by molar-refractivity contribution is -0.384. The fraction of sp³-hybridized carbons (Fsp3) is 0.227. The fourth-order valence-electron chi connectivity index (χ4n) is 2.92. The SMILES string of the molecule is Cc1ccc(CN(C)C(=O)COc2ccc([N+](=O)[O-])cc2Cc2ccccc2)o1. The van der Waals surface area contributed by atoms with Gasteiger partial charge >= 0.3 is 0 Å². The van der Waals surface area contributed by atoms with Gasteiger partial charge in [-0.1, -0.05) is 30.3 Å². The highest BCUT2D eigenvalue weighted by molar-refractivity contribution is 5.77. The van der Waals surface area contributed by atoms with Gasteiger partial charge in [-0.05, 0) is 30.7 Å². The molecule has 3 rings (SSSR count). The van der Waals surface area contributed by atoms with Gasteiger partial charge < -0.3 is 14.1 Å². The molecule has 1 amide bonds. The van der Waals surface area contributed by atoms with Crippen LogP contribution in [-0.4, -0.2) is 29.4 Å². The summed E-state index contributed by atoms with van der Waals surface area (Å²) in [5.74, 6) is 1.71. The molecule has 0 spiro atoms. The number of nitrogens with zero attached hydrogens (tertiary/aromatic N) is 2. The first-order chi connectivity index (χ1) is 13.9. The summed E-state index contributed by atoms with van der Waals surface area (Å²) < 4.78 is 11.2. The Morgan fingerprint density at radius 1 is 1.14 bits per heavy atom. The van der Waals surface area contributed by atoms with Crippen molar-refractivity contribution in [1.82, 2.24) is 4.90 Å². The molecule has 2 aromatic carbocycles.